The Morgan fingerprint density at radius 2 is 2.32 bits per heavy atom. The van der Waals surface area contributed by atoms with Gasteiger partial charge in [0.25, 0.3) is 11.8 Å². The summed E-state index contributed by atoms with van der Waals surface area (Å²) in [7, 11) is 0. The summed E-state index contributed by atoms with van der Waals surface area (Å²) in [6.45, 7) is 1.76. The molecule has 3 rings (SSSR count). The van der Waals surface area contributed by atoms with E-state index in [2.05, 4.69) is 10.5 Å². The van der Waals surface area contributed by atoms with Gasteiger partial charge < -0.3 is 19.5 Å². The van der Waals surface area contributed by atoms with Crippen LogP contribution in [0.2, 0.25) is 0 Å². The Morgan fingerprint density at radius 3 is 3.00 bits per heavy atom. The number of hydrogen-bond donors (Lipinski definition) is 1. The van der Waals surface area contributed by atoms with Gasteiger partial charge in [-0.1, -0.05) is 11.2 Å². The number of esters is 1. The fraction of sp³-hybridized carbons (Fsp3) is 0.375. The number of aryl methyl sites for hydroxylation is 1. The van der Waals surface area contributed by atoms with Crippen molar-refractivity contribution in [2.24, 2.45) is 0 Å². The first-order valence-electron chi connectivity index (χ1n) is 7.79. The number of rotatable bonds is 5. The third-order valence-corrected chi connectivity index (χ3v) is 4.62. The fourth-order valence-corrected chi connectivity index (χ4v) is 3.31. The molecule has 0 spiro atoms. The minimum absolute atomic E-state index is 0.183. The number of carbonyl (C=O) groups excluding carboxylic acids is 3. The van der Waals surface area contributed by atoms with Crippen LogP contribution in [0.25, 0.3) is 0 Å². The molecule has 9 heteroatoms. The molecule has 1 atom stereocenters. The molecule has 3 heterocycles. The van der Waals surface area contributed by atoms with Crippen LogP contribution in [0.5, 0.6) is 0 Å². The quantitative estimate of drug-likeness (QED) is 0.813. The van der Waals surface area contributed by atoms with Crippen LogP contribution < -0.4 is 5.32 Å². The molecular formula is C16H17N3O5S. The van der Waals surface area contributed by atoms with Crippen molar-refractivity contribution in [1.82, 2.24) is 10.1 Å². The van der Waals surface area contributed by atoms with E-state index >= 15 is 0 Å². The van der Waals surface area contributed by atoms with Gasteiger partial charge in [0.2, 0.25) is 0 Å². The fourth-order valence-electron chi connectivity index (χ4n) is 2.63. The Bertz CT molecular complexity index is 771. The number of amides is 2. The van der Waals surface area contributed by atoms with Crippen molar-refractivity contribution >= 4 is 34.9 Å². The van der Waals surface area contributed by atoms with Crippen molar-refractivity contribution in [2.45, 2.75) is 25.8 Å². The molecule has 1 aliphatic heterocycles. The zero-order valence-electron chi connectivity index (χ0n) is 13.6. The number of anilines is 1. The predicted octanol–water partition coefficient (Wildman–Crippen LogP) is 1.83. The molecule has 0 unspecified atom stereocenters. The van der Waals surface area contributed by atoms with Crippen LogP contribution in [0.3, 0.4) is 0 Å². The second-order valence-electron chi connectivity index (χ2n) is 5.61. The van der Waals surface area contributed by atoms with Gasteiger partial charge in [-0.3, -0.25) is 9.59 Å². The Labute approximate surface area is 147 Å². The molecule has 8 nitrogen and oxygen atoms in total. The number of thiophene rings is 1. The van der Waals surface area contributed by atoms with Crippen LogP contribution in [0.1, 0.15) is 28.3 Å². The lowest BCUT2D eigenvalue weighted by Gasteiger charge is -2.22. The standard InChI is InChI=1S/C16H17N3O5S/c1-10-8-13(18-24-10)17-14(20)9-23-16(22)11-4-2-6-19(11)15(21)12-5-3-7-25-12/h3,5,7-8,11H,2,4,6,9H2,1H3,(H,17,18,20)/t11-/m0/s1. The molecular weight excluding hydrogens is 346 g/mol. The maximum atomic E-state index is 12.4. The monoisotopic (exact) mass is 363 g/mol. The molecule has 0 aromatic carbocycles. The molecule has 2 aromatic rings. The first-order chi connectivity index (χ1) is 12.0. The number of nitrogens with zero attached hydrogens (tertiary/aromatic N) is 2. The van der Waals surface area contributed by atoms with E-state index in [4.69, 9.17) is 9.26 Å². The van der Waals surface area contributed by atoms with E-state index in [0.29, 0.717) is 23.6 Å². The average molecular weight is 363 g/mol. The highest BCUT2D eigenvalue weighted by Crippen LogP contribution is 2.23. The minimum atomic E-state index is -0.656. The summed E-state index contributed by atoms with van der Waals surface area (Å²) in [6, 6.07) is 4.41. The van der Waals surface area contributed by atoms with E-state index in [-0.39, 0.29) is 11.7 Å². The third-order valence-electron chi connectivity index (χ3n) is 3.76. The summed E-state index contributed by atoms with van der Waals surface area (Å²) >= 11 is 1.33. The molecule has 2 amide bonds. The molecule has 1 saturated heterocycles. The lowest BCUT2D eigenvalue weighted by Crippen LogP contribution is -2.41. The van der Waals surface area contributed by atoms with E-state index in [1.807, 2.05) is 5.38 Å². The number of likely N-dealkylation sites (tertiary alicyclic amines) is 1. The van der Waals surface area contributed by atoms with E-state index in [0.717, 1.165) is 6.42 Å². The van der Waals surface area contributed by atoms with E-state index < -0.39 is 24.5 Å². The lowest BCUT2D eigenvalue weighted by atomic mass is 10.2. The topological polar surface area (TPSA) is 102 Å². The Morgan fingerprint density at radius 1 is 1.48 bits per heavy atom. The number of aromatic nitrogens is 1. The highest BCUT2D eigenvalue weighted by molar-refractivity contribution is 7.12. The summed E-state index contributed by atoms with van der Waals surface area (Å²) in [6.07, 6.45) is 1.25. The maximum Gasteiger partial charge on any atom is 0.329 e. The molecule has 0 bridgehead atoms. The summed E-state index contributed by atoms with van der Waals surface area (Å²) in [5, 5.41) is 7.90. The van der Waals surface area contributed by atoms with Gasteiger partial charge in [-0.15, -0.1) is 11.3 Å². The van der Waals surface area contributed by atoms with Gasteiger partial charge in [0.15, 0.2) is 12.4 Å². The maximum absolute atomic E-state index is 12.4. The molecule has 2 aromatic heterocycles. The molecule has 132 valence electrons. The summed E-state index contributed by atoms with van der Waals surface area (Å²) < 4.78 is 9.90. The highest BCUT2D eigenvalue weighted by atomic mass is 32.1. The van der Waals surface area contributed by atoms with Crippen LogP contribution in [0.4, 0.5) is 5.82 Å². The van der Waals surface area contributed by atoms with Crippen molar-refractivity contribution in [3.8, 4) is 0 Å². The van der Waals surface area contributed by atoms with Crippen LogP contribution >= 0.6 is 11.3 Å². The van der Waals surface area contributed by atoms with Gasteiger partial charge in [-0.25, -0.2) is 4.79 Å². The number of nitrogens with one attached hydrogen (secondary N) is 1. The number of hydrogen-bond acceptors (Lipinski definition) is 7. The van der Waals surface area contributed by atoms with Crippen LogP contribution in [-0.4, -0.2) is 47.0 Å². The van der Waals surface area contributed by atoms with E-state index in [1.54, 1.807) is 25.1 Å². The van der Waals surface area contributed by atoms with Crippen molar-refractivity contribution in [2.75, 3.05) is 18.5 Å². The molecule has 1 aliphatic rings. The molecule has 0 radical (unpaired) electrons. The van der Waals surface area contributed by atoms with Crippen molar-refractivity contribution in [1.29, 1.82) is 0 Å². The summed E-state index contributed by atoms with van der Waals surface area (Å²) in [5.74, 6) is -0.462. The normalized spacial score (nSPS) is 16.7. The Kier molecular flexibility index (Phi) is 5.13. The third kappa shape index (κ3) is 4.05. The van der Waals surface area contributed by atoms with Gasteiger partial charge in [0.1, 0.15) is 11.8 Å². The number of ether oxygens (including phenoxy) is 1. The Hall–Kier alpha value is -2.68. The molecule has 1 fully saturated rings. The Balaban J connectivity index is 1.53. The first-order valence-corrected chi connectivity index (χ1v) is 8.67. The van der Waals surface area contributed by atoms with Crippen molar-refractivity contribution in [3.63, 3.8) is 0 Å². The van der Waals surface area contributed by atoms with E-state index in [9.17, 15) is 14.4 Å². The van der Waals surface area contributed by atoms with Crippen LogP contribution in [-0.2, 0) is 14.3 Å². The van der Waals surface area contributed by atoms with Crippen LogP contribution in [0, 0.1) is 6.92 Å². The molecule has 25 heavy (non-hydrogen) atoms. The molecule has 0 aliphatic carbocycles. The first kappa shape index (κ1) is 17.2. The van der Waals surface area contributed by atoms with Crippen LogP contribution in [0.15, 0.2) is 28.1 Å². The van der Waals surface area contributed by atoms with E-state index in [1.165, 1.54) is 16.2 Å². The predicted molar refractivity (Wildman–Crippen MR) is 89.2 cm³/mol. The van der Waals surface area contributed by atoms with Gasteiger partial charge in [-0.05, 0) is 31.2 Å². The summed E-state index contributed by atoms with van der Waals surface area (Å²) in [5.41, 5.74) is 0. The number of carbonyl (C=O) groups is 3. The van der Waals surface area contributed by atoms with Crippen molar-refractivity contribution < 1.29 is 23.6 Å². The van der Waals surface area contributed by atoms with Gasteiger partial charge >= 0.3 is 5.97 Å². The van der Waals surface area contributed by atoms with Crippen molar-refractivity contribution in [3.05, 3.63) is 34.2 Å². The zero-order valence-corrected chi connectivity index (χ0v) is 14.4. The molecule has 1 N–H and O–H groups in total. The highest BCUT2D eigenvalue weighted by Gasteiger charge is 2.36. The largest absolute Gasteiger partial charge is 0.454 e. The SMILES string of the molecule is Cc1cc(NC(=O)COC(=O)[C@@H]2CCCN2C(=O)c2cccs2)no1. The minimum Gasteiger partial charge on any atom is -0.454 e. The van der Waals surface area contributed by atoms with Gasteiger partial charge in [0.05, 0.1) is 4.88 Å². The average Bonchev–Trinajstić information content (AvgIpc) is 3.33. The molecule has 0 saturated carbocycles. The zero-order chi connectivity index (χ0) is 17.8. The summed E-state index contributed by atoms with van der Waals surface area (Å²) in [4.78, 5) is 38.6. The van der Waals surface area contributed by atoms with Gasteiger partial charge in [-0.2, -0.15) is 0 Å². The van der Waals surface area contributed by atoms with Gasteiger partial charge in [0, 0.05) is 12.6 Å². The second kappa shape index (κ2) is 7.47. The smallest absolute Gasteiger partial charge is 0.329 e. The lowest BCUT2D eigenvalue weighted by molar-refractivity contribution is -0.151. The second-order valence-corrected chi connectivity index (χ2v) is 6.56.